The van der Waals surface area contributed by atoms with Crippen molar-refractivity contribution in [1.82, 2.24) is 10.2 Å². The molecule has 0 aliphatic carbocycles. The highest BCUT2D eigenvalue weighted by Gasteiger charge is 2.11. The van der Waals surface area contributed by atoms with Crippen LogP contribution in [0.1, 0.15) is 44.8 Å². The lowest BCUT2D eigenvalue weighted by atomic mass is 10.2. The van der Waals surface area contributed by atoms with Gasteiger partial charge in [-0.15, -0.1) is 0 Å². The lowest BCUT2D eigenvalue weighted by Gasteiger charge is -2.19. The number of rotatable bonds is 11. The van der Waals surface area contributed by atoms with Gasteiger partial charge in [-0.1, -0.05) is 20.8 Å². The molecule has 1 N–H and O–H groups in total. The molecule has 0 aliphatic heterocycles. The van der Waals surface area contributed by atoms with Crippen LogP contribution in [0.4, 0.5) is 0 Å². The van der Waals surface area contributed by atoms with Crippen LogP contribution in [0.15, 0.2) is 10.5 Å². The normalized spacial score (nSPS) is 11.8. The van der Waals surface area contributed by atoms with Crippen molar-refractivity contribution in [3.63, 3.8) is 0 Å². The Balaban J connectivity index is 2.48. The minimum absolute atomic E-state index is 0.662. The minimum Gasteiger partial charge on any atom is -0.465 e. The van der Waals surface area contributed by atoms with Crippen LogP contribution in [-0.2, 0) is 17.8 Å². The Morgan fingerprint density at radius 1 is 1.33 bits per heavy atom. The van der Waals surface area contributed by atoms with E-state index in [4.69, 9.17) is 9.15 Å². The Morgan fingerprint density at radius 3 is 2.71 bits per heavy atom. The Bertz CT molecular complexity index is 388. The predicted octanol–water partition coefficient (Wildman–Crippen LogP) is 3.19. The standard InChI is InChI=1S/C17H32N2O2/c1-6-19(8-9-20-7-2)13-16-10-17(21-15(16)5)12-18-11-14(3)4/h10,14,18H,6-9,11-13H2,1-5H3. The molecule has 0 aromatic carbocycles. The monoisotopic (exact) mass is 296 g/mol. The molecule has 21 heavy (non-hydrogen) atoms. The van der Waals surface area contributed by atoms with Gasteiger partial charge in [0.15, 0.2) is 0 Å². The van der Waals surface area contributed by atoms with Crippen molar-refractivity contribution >= 4 is 0 Å². The van der Waals surface area contributed by atoms with E-state index in [2.05, 4.69) is 44.0 Å². The average Bonchev–Trinajstić information content (AvgIpc) is 2.77. The average molecular weight is 296 g/mol. The van der Waals surface area contributed by atoms with Gasteiger partial charge in [0.05, 0.1) is 13.2 Å². The maximum absolute atomic E-state index is 5.85. The molecule has 0 saturated carbocycles. The van der Waals surface area contributed by atoms with Crippen LogP contribution >= 0.6 is 0 Å². The van der Waals surface area contributed by atoms with Crippen LogP contribution < -0.4 is 5.32 Å². The number of likely N-dealkylation sites (N-methyl/N-ethyl adjacent to an activating group) is 1. The van der Waals surface area contributed by atoms with Crippen molar-refractivity contribution < 1.29 is 9.15 Å². The van der Waals surface area contributed by atoms with E-state index in [-0.39, 0.29) is 0 Å². The van der Waals surface area contributed by atoms with Crippen molar-refractivity contribution in [2.45, 2.75) is 47.7 Å². The first-order valence-electron chi connectivity index (χ1n) is 8.15. The number of hydrogen-bond acceptors (Lipinski definition) is 4. The first-order valence-corrected chi connectivity index (χ1v) is 8.15. The van der Waals surface area contributed by atoms with Gasteiger partial charge in [-0.2, -0.15) is 0 Å². The highest BCUT2D eigenvalue weighted by Crippen LogP contribution is 2.16. The van der Waals surface area contributed by atoms with Gasteiger partial charge in [0.25, 0.3) is 0 Å². The molecular weight excluding hydrogens is 264 g/mol. The van der Waals surface area contributed by atoms with Crippen LogP contribution in [0.25, 0.3) is 0 Å². The van der Waals surface area contributed by atoms with Crippen LogP contribution in [0.5, 0.6) is 0 Å². The number of hydrogen-bond donors (Lipinski definition) is 1. The van der Waals surface area contributed by atoms with Gasteiger partial charge in [0.1, 0.15) is 11.5 Å². The summed E-state index contributed by atoms with van der Waals surface area (Å²) in [5.74, 6) is 2.73. The smallest absolute Gasteiger partial charge is 0.118 e. The molecule has 0 atom stereocenters. The third-order valence-electron chi connectivity index (χ3n) is 3.52. The summed E-state index contributed by atoms with van der Waals surface area (Å²) >= 11 is 0. The van der Waals surface area contributed by atoms with Gasteiger partial charge in [-0.05, 0) is 38.9 Å². The summed E-state index contributed by atoms with van der Waals surface area (Å²) in [7, 11) is 0. The number of nitrogens with one attached hydrogen (secondary N) is 1. The van der Waals surface area contributed by atoms with Crippen LogP contribution in [-0.4, -0.2) is 37.7 Å². The summed E-state index contributed by atoms with van der Waals surface area (Å²) < 4.78 is 11.3. The lowest BCUT2D eigenvalue weighted by molar-refractivity contribution is 0.112. The number of furan rings is 1. The van der Waals surface area contributed by atoms with Gasteiger partial charge < -0.3 is 14.5 Å². The first kappa shape index (κ1) is 18.2. The fourth-order valence-corrected chi connectivity index (χ4v) is 2.24. The molecule has 1 aromatic rings. The van der Waals surface area contributed by atoms with E-state index in [1.165, 1.54) is 5.56 Å². The molecule has 0 bridgehead atoms. The molecular formula is C17H32N2O2. The third-order valence-corrected chi connectivity index (χ3v) is 3.52. The van der Waals surface area contributed by atoms with E-state index < -0.39 is 0 Å². The molecule has 0 unspecified atom stereocenters. The second kappa shape index (κ2) is 9.98. The predicted molar refractivity (Wildman–Crippen MR) is 87.4 cm³/mol. The topological polar surface area (TPSA) is 37.6 Å². The van der Waals surface area contributed by atoms with E-state index >= 15 is 0 Å². The van der Waals surface area contributed by atoms with Gasteiger partial charge in [0, 0.05) is 25.3 Å². The quantitative estimate of drug-likeness (QED) is 0.636. The highest BCUT2D eigenvalue weighted by atomic mass is 16.5. The summed E-state index contributed by atoms with van der Waals surface area (Å²) in [5, 5.41) is 3.42. The minimum atomic E-state index is 0.662. The molecule has 1 aromatic heterocycles. The van der Waals surface area contributed by atoms with Crippen molar-refractivity contribution in [2.24, 2.45) is 5.92 Å². The molecule has 0 spiro atoms. The lowest BCUT2D eigenvalue weighted by Crippen LogP contribution is -2.27. The summed E-state index contributed by atoms with van der Waals surface area (Å²) in [5.41, 5.74) is 1.29. The first-order chi connectivity index (χ1) is 10.1. The maximum Gasteiger partial charge on any atom is 0.118 e. The van der Waals surface area contributed by atoms with Gasteiger partial charge in [-0.3, -0.25) is 4.90 Å². The van der Waals surface area contributed by atoms with Crippen LogP contribution in [0.2, 0.25) is 0 Å². The largest absolute Gasteiger partial charge is 0.465 e. The molecule has 0 saturated heterocycles. The van der Waals surface area contributed by atoms with Crippen molar-refractivity contribution in [3.8, 4) is 0 Å². The van der Waals surface area contributed by atoms with Gasteiger partial charge in [0.2, 0.25) is 0 Å². The van der Waals surface area contributed by atoms with E-state index in [0.29, 0.717) is 5.92 Å². The molecule has 1 heterocycles. The molecule has 0 aliphatic rings. The van der Waals surface area contributed by atoms with E-state index in [0.717, 1.165) is 57.5 Å². The van der Waals surface area contributed by atoms with E-state index in [1.807, 2.05) is 6.92 Å². The molecule has 0 fully saturated rings. The van der Waals surface area contributed by atoms with E-state index in [9.17, 15) is 0 Å². The van der Waals surface area contributed by atoms with Crippen LogP contribution in [0.3, 0.4) is 0 Å². The van der Waals surface area contributed by atoms with E-state index in [1.54, 1.807) is 0 Å². The molecule has 0 amide bonds. The van der Waals surface area contributed by atoms with Crippen molar-refractivity contribution in [2.75, 3.05) is 32.8 Å². The maximum atomic E-state index is 5.85. The molecule has 4 nitrogen and oxygen atoms in total. The van der Waals surface area contributed by atoms with Crippen molar-refractivity contribution in [1.29, 1.82) is 0 Å². The summed E-state index contributed by atoms with van der Waals surface area (Å²) in [4.78, 5) is 2.39. The molecule has 0 radical (unpaired) electrons. The zero-order valence-corrected chi connectivity index (χ0v) is 14.4. The third kappa shape index (κ3) is 7.11. The Kier molecular flexibility index (Phi) is 8.66. The van der Waals surface area contributed by atoms with Gasteiger partial charge >= 0.3 is 0 Å². The van der Waals surface area contributed by atoms with Crippen molar-refractivity contribution in [3.05, 3.63) is 23.2 Å². The summed E-state index contributed by atoms with van der Waals surface area (Å²) in [6.45, 7) is 17.0. The second-order valence-electron chi connectivity index (χ2n) is 5.88. The molecule has 4 heteroatoms. The summed E-state index contributed by atoms with van der Waals surface area (Å²) in [6, 6.07) is 2.19. The zero-order valence-electron chi connectivity index (χ0n) is 14.4. The number of ether oxygens (including phenoxy) is 1. The van der Waals surface area contributed by atoms with Gasteiger partial charge in [-0.25, -0.2) is 0 Å². The Morgan fingerprint density at radius 2 is 2.10 bits per heavy atom. The Hall–Kier alpha value is -0.840. The number of nitrogens with zero attached hydrogens (tertiary/aromatic N) is 1. The highest BCUT2D eigenvalue weighted by molar-refractivity contribution is 5.20. The Labute approximate surface area is 129 Å². The zero-order chi connectivity index (χ0) is 15.7. The fourth-order valence-electron chi connectivity index (χ4n) is 2.24. The van der Waals surface area contributed by atoms with Crippen LogP contribution in [0, 0.1) is 12.8 Å². The number of aryl methyl sites for hydroxylation is 1. The fraction of sp³-hybridized carbons (Fsp3) is 0.765. The second-order valence-corrected chi connectivity index (χ2v) is 5.88. The summed E-state index contributed by atoms with van der Waals surface area (Å²) in [6.07, 6.45) is 0. The molecule has 122 valence electrons. The molecule has 1 rings (SSSR count). The SMILES string of the molecule is CCOCCN(CC)Cc1cc(CNCC(C)C)oc1C.